The van der Waals surface area contributed by atoms with Gasteiger partial charge in [0, 0.05) is 49.2 Å². The molecule has 40 heavy (non-hydrogen) atoms. The molecule has 12 heteroatoms. The summed E-state index contributed by atoms with van der Waals surface area (Å²) in [6.45, 7) is 6.25. The molecular formula is C28H34N8O4. The van der Waals surface area contributed by atoms with Crippen LogP contribution in [0.3, 0.4) is 0 Å². The van der Waals surface area contributed by atoms with E-state index < -0.39 is 5.91 Å². The van der Waals surface area contributed by atoms with Crippen LogP contribution in [-0.4, -0.2) is 83.9 Å². The van der Waals surface area contributed by atoms with Crippen LogP contribution in [0.4, 0.5) is 23.1 Å². The SMILES string of the molecule is CCOc1ccc(N[C@@H]2CCCN(c3nnc(C(N)=O)c(Nc4ccc(C(=O)N5CCOCC5)cc4)n3)C2)cc1. The first-order valence-corrected chi connectivity index (χ1v) is 13.5. The van der Waals surface area contributed by atoms with Crippen LogP contribution in [0.25, 0.3) is 0 Å². The second-order valence-electron chi connectivity index (χ2n) is 9.67. The molecule has 0 unspecified atom stereocenters. The number of primary amides is 1. The number of carbonyl (C=O) groups excluding carboxylic acids is 2. The second-order valence-corrected chi connectivity index (χ2v) is 9.67. The topological polar surface area (TPSA) is 148 Å². The molecule has 2 amide bonds. The normalized spacial score (nSPS) is 17.3. The van der Waals surface area contributed by atoms with E-state index in [0.717, 1.165) is 30.8 Å². The van der Waals surface area contributed by atoms with E-state index in [-0.39, 0.29) is 23.5 Å². The third kappa shape index (κ3) is 6.57. The van der Waals surface area contributed by atoms with Crippen molar-refractivity contribution in [2.45, 2.75) is 25.8 Å². The Morgan fingerprint density at radius 1 is 1.02 bits per heavy atom. The molecule has 0 bridgehead atoms. The molecule has 1 aromatic heterocycles. The highest BCUT2D eigenvalue weighted by Crippen LogP contribution is 2.24. The first-order chi connectivity index (χ1) is 19.5. The van der Waals surface area contributed by atoms with E-state index in [9.17, 15) is 9.59 Å². The Bertz CT molecular complexity index is 1310. The average molecular weight is 547 g/mol. The van der Waals surface area contributed by atoms with Gasteiger partial charge < -0.3 is 35.6 Å². The Hall–Kier alpha value is -4.45. The molecule has 3 aromatic rings. The van der Waals surface area contributed by atoms with Gasteiger partial charge in [0.2, 0.25) is 5.95 Å². The molecule has 4 N–H and O–H groups in total. The lowest BCUT2D eigenvalue weighted by Gasteiger charge is -2.33. The highest BCUT2D eigenvalue weighted by Gasteiger charge is 2.24. The van der Waals surface area contributed by atoms with Crippen LogP contribution in [-0.2, 0) is 4.74 Å². The predicted molar refractivity (Wildman–Crippen MR) is 151 cm³/mol. The van der Waals surface area contributed by atoms with Crippen molar-refractivity contribution in [3.63, 3.8) is 0 Å². The molecule has 1 atom stereocenters. The number of nitrogens with one attached hydrogen (secondary N) is 2. The maximum atomic E-state index is 12.8. The molecule has 2 fully saturated rings. The molecule has 210 valence electrons. The lowest BCUT2D eigenvalue weighted by Crippen LogP contribution is -2.43. The molecule has 2 aliphatic heterocycles. The quantitative estimate of drug-likeness (QED) is 0.366. The van der Waals surface area contributed by atoms with Gasteiger partial charge in [-0.15, -0.1) is 10.2 Å². The van der Waals surface area contributed by atoms with Crippen LogP contribution >= 0.6 is 0 Å². The smallest absolute Gasteiger partial charge is 0.273 e. The van der Waals surface area contributed by atoms with Crippen LogP contribution in [0.2, 0.25) is 0 Å². The third-order valence-electron chi connectivity index (χ3n) is 6.84. The summed E-state index contributed by atoms with van der Waals surface area (Å²) in [5.74, 6) is 0.681. The first kappa shape index (κ1) is 27.1. The molecule has 0 saturated carbocycles. The van der Waals surface area contributed by atoms with Gasteiger partial charge in [0.1, 0.15) is 5.75 Å². The number of morpholine rings is 1. The fraction of sp³-hybridized carbons (Fsp3) is 0.393. The number of carbonyl (C=O) groups is 2. The summed E-state index contributed by atoms with van der Waals surface area (Å²) >= 11 is 0. The number of nitrogens with zero attached hydrogens (tertiary/aromatic N) is 5. The van der Waals surface area contributed by atoms with Crippen molar-refractivity contribution in [1.29, 1.82) is 0 Å². The van der Waals surface area contributed by atoms with Crippen LogP contribution in [0.15, 0.2) is 48.5 Å². The molecule has 5 rings (SSSR count). The van der Waals surface area contributed by atoms with Crippen molar-refractivity contribution in [2.75, 3.05) is 61.5 Å². The van der Waals surface area contributed by atoms with E-state index in [4.69, 9.17) is 15.2 Å². The van der Waals surface area contributed by atoms with E-state index in [1.54, 1.807) is 29.2 Å². The van der Waals surface area contributed by atoms with Crippen molar-refractivity contribution < 1.29 is 19.1 Å². The van der Waals surface area contributed by atoms with Gasteiger partial charge in [0.15, 0.2) is 11.5 Å². The number of benzene rings is 2. The summed E-state index contributed by atoms with van der Waals surface area (Å²) in [5.41, 5.74) is 7.73. The van der Waals surface area contributed by atoms with Crippen molar-refractivity contribution in [3.05, 3.63) is 59.8 Å². The molecule has 3 heterocycles. The minimum Gasteiger partial charge on any atom is -0.494 e. The Labute approximate surface area is 232 Å². The van der Waals surface area contributed by atoms with Gasteiger partial charge in [-0.05, 0) is 68.3 Å². The zero-order chi connectivity index (χ0) is 27.9. The molecular weight excluding hydrogens is 512 g/mol. The molecule has 2 aromatic carbocycles. The number of anilines is 4. The van der Waals surface area contributed by atoms with E-state index in [2.05, 4.69) is 25.8 Å². The summed E-state index contributed by atoms with van der Waals surface area (Å²) in [5, 5.41) is 15.0. The van der Waals surface area contributed by atoms with E-state index in [0.29, 0.717) is 56.7 Å². The van der Waals surface area contributed by atoms with Gasteiger partial charge in [0.05, 0.1) is 19.8 Å². The van der Waals surface area contributed by atoms with Gasteiger partial charge in [-0.1, -0.05) is 0 Å². The van der Waals surface area contributed by atoms with Crippen LogP contribution in [0.1, 0.15) is 40.6 Å². The Kier molecular flexibility index (Phi) is 8.55. The summed E-state index contributed by atoms with van der Waals surface area (Å²) in [4.78, 5) is 33.3. The largest absolute Gasteiger partial charge is 0.494 e. The Morgan fingerprint density at radius 2 is 1.75 bits per heavy atom. The highest BCUT2D eigenvalue weighted by atomic mass is 16.5. The second kappa shape index (κ2) is 12.6. The predicted octanol–water partition coefficient (Wildman–Crippen LogP) is 2.67. The van der Waals surface area contributed by atoms with Crippen molar-refractivity contribution in [1.82, 2.24) is 20.1 Å². The standard InChI is InChI=1S/C28H34N8O4/c1-2-40-23-11-9-20(10-12-23)30-22-4-3-13-36(18-22)28-32-26(24(25(29)37)33-34-28)31-21-7-5-19(6-8-21)27(38)35-14-16-39-17-15-35/h5-12,22,30H,2-4,13-18H2,1H3,(H2,29,37)(H,31,32,34)/t22-/m1/s1. The first-order valence-electron chi connectivity index (χ1n) is 13.5. The number of hydrogen-bond acceptors (Lipinski definition) is 10. The minimum absolute atomic E-state index is 0.0443. The molecule has 12 nitrogen and oxygen atoms in total. The molecule has 0 aliphatic carbocycles. The lowest BCUT2D eigenvalue weighted by atomic mass is 10.1. The molecule has 2 aliphatic rings. The molecule has 0 radical (unpaired) electrons. The summed E-state index contributed by atoms with van der Waals surface area (Å²) < 4.78 is 10.9. The number of amides is 2. The number of rotatable bonds is 9. The summed E-state index contributed by atoms with van der Waals surface area (Å²) in [6.07, 6.45) is 1.94. The van der Waals surface area contributed by atoms with Gasteiger partial charge in [-0.25, -0.2) is 0 Å². The third-order valence-corrected chi connectivity index (χ3v) is 6.84. The van der Waals surface area contributed by atoms with Gasteiger partial charge in [-0.2, -0.15) is 4.98 Å². The minimum atomic E-state index is -0.734. The van der Waals surface area contributed by atoms with Crippen LogP contribution < -0.4 is 26.0 Å². The van der Waals surface area contributed by atoms with Crippen molar-refractivity contribution >= 4 is 35.0 Å². The fourth-order valence-corrected chi connectivity index (χ4v) is 4.81. The van der Waals surface area contributed by atoms with E-state index >= 15 is 0 Å². The molecule has 0 spiro atoms. The maximum absolute atomic E-state index is 12.8. The van der Waals surface area contributed by atoms with E-state index in [1.165, 1.54) is 0 Å². The Balaban J connectivity index is 1.27. The lowest BCUT2D eigenvalue weighted by molar-refractivity contribution is 0.0303. The van der Waals surface area contributed by atoms with Gasteiger partial charge in [0.25, 0.3) is 11.8 Å². The highest BCUT2D eigenvalue weighted by molar-refractivity contribution is 5.97. The number of aromatic nitrogens is 3. The Morgan fingerprint density at radius 3 is 2.45 bits per heavy atom. The monoisotopic (exact) mass is 546 g/mol. The zero-order valence-electron chi connectivity index (χ0n) is 22.5. The van der Waals surface area contributed by atoms with Crippen molar-refractivity contribution in [2.24, 2.45) is 5.73 Å². The van der Waals surface area contributed by atoms with Gasteiger partial charge >= 0.3 is 0 Å². The van der Waals surface area contributed by atoms with Crippen LogP contribution in [0, 0.1) is 0 Å². The number of hydrogen-bond donors (Lipinski definition) is 3. The summed E-state index contributed by atoms with van der Waals surface area (Å²) in [7, 11) is 0. The number of ether oxygens (including phenoxy) is 2. The maximum Gasteiger partial charge on any atom is 0.273 e. The van der Waals surface area contributed by atoms with Crippen LogP contribution in [0.5, 0.6) is 5.75 Å². The van der Waals surface area contributed by atoms with E-state index in [1.807, 2.05) is 36.1 Å². The number of piperidine rings is 1. The van der Waals surface area contributed by atoms with Gasteiger partial charge in [-0.3, -0.25) is 9.59 Å². The summed E-state index contributed by atoms with van der Waals surface area (Å²) in [6, 6.07) is 15.1. The molecule has 2 saturated heterocycles. The zero-order valence-corrected chi connectivity index (χ0v) is 22.5. The fourth-order valence-electron chi connectivity index (χ4n) is 4.81. The number of nitrogens with two attached hydrogens (primary N) is 1. The van der Waals surface area contributed by atoms with Crippen molar-refractivity contribution in [3.8, 4) is 5.75 Å². The average Bonchev–Trinajstić information content (AvgIpc) is 2.99.